The molecule has 1 heterocycles. The molecule has 0 saturated heterocycles. The summed E-state index contributed by atoms with van der Waals surface area (Å²) >= 11 is 5.99. The zero-order chi connectivity index (χ0) is 13.3. The minimum Gasteiger partial charge on any atom is -0.321 e. The lowest BCUT2D eigenvalue weighted by molar-refractivity contribution is 0.101. The highest BCUT2D eigenvalue weighted by Gasteiger charge is 2.18. The molecule has 0 fully saturated rings. The van der Waals surface area contributed by atoms with E-state index in [0.717, 1.165) is 0 Å². The molecule has 4 nitrogen and oxygen atoms in total. The molecule has 0 radical (unpaired) electrons. The van der Waals surface area contributed by atoms with E-state index in [1.54, 1.807) is 20.0 Å². The predicted molar refractivity (Wildman–Crippen MR) is 67.3 cm³/mol. The second-order valence-electron chi connectivity index (χ2n) is 3.84. The number of carbonyl (C=O) groups excluding carboxylic acids is 1. The van der Waals surface area contributed by atoms with Gasteiger partial charge in [-0.15, -0.1) is 0 Å². The van der Waals surface area contributed by atoms with Crippen LogP contribution in [0.2, 0.25) is 5.02 Å². The molecule has 0 aliphatic heterocycles. The van der Waals surface area contributed by atoms with Crippen molar-refractivity contribution in [3.05, 3.63) is 46.5 Å². The lowest BCUT2D eigenvalue weighted by atomic mass is 10.3. The summed E-state index contributed by atoms with van der Waals surface area (Å²) in [5.74, 6) is -0.839. The first-order valence-electron chi connectivity index (χ1n) is 5.25. The maximum Gasteiger partial charge on any atom is 0.275 e. The molecule has 18 heavy (non-hydrogen) atoms. The first kappa shape index (κ1) is 12.6. The van der Waals surface area contributed by atoms with Crippen molar-refractivity contribution in [2.75, 3.05) is 5.32 Å². The second-order valence-corrected chi connectivity index (χ2v) is 4.21. The van der Waals surface area contributed by atoms with E-state index in [4.69, 9.17) is 11.6 Å². The van der Waals surface area contributed by atoms with Crippen molar-refractivity contribution in [3.63, 3.8) is 0 Å². The Morgan fingerprint density at radius 3 is 2.78 bits per heavy atom. The van der Waals surface area contributed by atoms with Gasteiger partial charge in [0.05, 0.1) is 10.7 Å². The summed E-state index contributed by atoms with van der Waals surface area (Å²) in [4.78, 5) is 12.0. The van der Waals surface area contributed by atoms with Gasteiger partial charge in [-0.25, -0.2) is 4.39 Å². The Kier molecular flexibility index (Phi) is 3.34. The SMILES string of the molecule is Cc1nn(C)c(C(=O)Nc2cccc(F)c2)c1Cl. The minimum absolute atomic E-state index is 0.249. The van der Waals surface area contributed by atoms with Gasteiger partial charge in [-0.05, 0) is 25.1 Å². The van der Waals surface area contributed by atoms with Gasteiger partial charge in [0.1, 0.15) is 11.5 Å². The van der Waals surface area contributed by atoms with Crippen LogP contribution in [0.3, 0.4) is 0 Å². The van der Waals surface area contributed by atoms with E-state index in [-0.39, 0.29) is 5.69 Å². The first-order valence-corrected chi connectivity index (χ1v) is 5.63. The molecule has 1 amide bonds. The Morgan fingerprint density at radius 2 is 2.22 bits per heavy atom. The van der Waals surface area contributed by atoms with Crippen molar-refractivity contribution in [2.24, 2.45) is 7.05 Å². The highest BCUT2D eigenvalue weighted by Crippen LogP contribution is 2.20. The largest absolute Gasteiger partial charge is 0.321 e. The zero-order valence-electron chi connectivity index (χ0n) is 9.87. The van der Waals surface area contributed by atoms with Crippen molar-refractivity contribution < 1.29 is 9.18 Å². The smallest absolute Gasteiger partial charge is 0.275 e. The molecule has 94 valence electrons. The highest BCUT2D eigenvalue weighted by molar-refractivity contribution is 6.34. The number of halogens is 2. The normalized spacial score (nSPS) is 10.4. The monoisotopic (exact) mass is 267 g/mol. The number of amides is 1. The van der Waals surface area contributed by atoms with Crippen LogP contribution in [0, 0.1) is 12.7 Å². The fraction of sp³-hybridized carbons (Fsp3) is 0.167. The van der Waals surface area contributed by atoms with Crippen LogP contribution in [0.4, 0.5) is 10.1 Å². The van der Waals surface area contributed by atoms with E-state index in [2.05, 4.69) is 10.4 Å². The number of benzene rings is 1. The molecule has 0 spiro atoms. The standard InChI is InChI=1S/C12H11ClFN3O/c1-7-10(13)11(17(2)16-7)12(18)15-9-5-3-4-8(14)6-9/h3-6H,1-2H3,(H,15,18). The van der Waals surface area contributed by atoms with E-state index < -0.39 is 11.7 Å². The van der Waals surface area contributed by atoms with Gasteiger partial charge in [0.15, 0.2) is 0 Å². The summed E-state index contributed by atoms with van der Waals surface area (Å²) in [7, 11) is 1.62. The number of hydrogen-bond donors (Lipinski definition) is 1. The zero-order valence-corrected chi connectivity index (χ0v) is 10.6. The number of aryl methyl sites for hydroxylation is 2. The number of rotatable bonds is 2. The molecular weight excluding hydrogens is 257 g/mol. The van der Waals surface area contributed by atoms with Crippen molar-refractivity contribution in [1.29, 1.82) is 0 Å². The number of nitrogens with zero attached hydrogens (tertiary/aromatic N) is 2. The summed E-state index contributed by atoms with van der Waals surface area (Å²) in [5, 5.41) is 6.91. The van der Waals surface area contributed by atoms with E-state index >= 15 is 0 Å². The number of anilines is 1. The topological polar surface area (TPSA) is 46.9 Å². The van der Waals surface area contributed by atoms with Crippen LogP contribution in [0.5, 0.6) is 0 Å². The maximum atomic E-state index is 13.0. The van der Waals surface area contributed by atoms with Crippen LogP contribution >= 0.6 is 11.6 Å². The molecule has 0 atom stereocenters. The van der Waals surface area contributed by atoms with Crippen molar-refractivity contribution in [2.45, 2.75) is 6.92 Å². The molecule has 1 aromatic carbocycles. The fourth-order valence-corrected chi connectivity index (χ4v) is 1.88. The minimum atomic E-state index is -0.423. The van der Waals surface area contributed by atoms with E-state index in [9.17, 15) is 9.18 Å². The summed E-state index contributed by atoms with van der Waals surface area (Å²) in [6.45, 7) is 1.71. The summed E-state index contributed by atoms with van der Waals surface area (Å²) in [5.41, 5.74) is 1.19. The van der Waals surface area contributed by atoms with Crippen LogP contribution < -0.4 is 5.32 Å². The molecule has 0 unspecified atom stereocenters. The fourth-order valence-electron chi connectivity index (χ4n) is 1.64. The molecule has 0 bridgehead atoms. The number of carbonyl (C=O) groups is 1. The van der Waals surface area contributed by atoms with E-state index in [1.165, 1.54) is 22.9 Å². The molecule has 0 saturated carbocycles. The summed E-state index contributed by atoms with van der Waals surface area (Å²) in [6, 6.07) is 5.64. The third kappa shape index (κ3) is 2.36. The van der Waals surface area contributed by atoms with Gasteiger partial charge in [-0.3, -0.25) is 9.48 Å². The summed E-state index contributed by atoms with van der Waals surface area (Å²) < 4.78 is 14.4. The van der Waals surface area contributed by atoms with Crippen LogP contribution in [0.25, 0.3) is 0 Å². The predicted octanol–water partition coefficient (Wildman–Crippen LogP) is 2.77. The molecule has 2 rings (SSSR count). The Balaban J connectivity index is 2.27. The Hall–Kier alpha value is -1.88. The van der Waals surface area contributed by atoms with Gasteiger partial charge < -0.3 is 5.32 Å². The summed E-state index contributed by atoms with van der Waals surface area (Å²) in [6.07, 6.45) is 0. The Bertz CT molecular complexity index is 609. The van der Waals surface area contributed by atoms with Gasteiger partial charge in [0.2, 0.25) is 0 Å². The van der Waals surface area contributed by atoms with Gasteiger partial charge in [-0.1, -0.05) is 17.7 Å². The van der Waals surface area contributed by atoms with Crippen LogP contribution in [-0.2, 0) is 7.05 Å². The quantitative estimate of drug-likeness (QED) is 0.909. The highest BCUT2D eigenvalue weighted by atomic mass is 35.5. The lowest BCUT2D eigenvalue weighted by Crippen LogP contribution is -2.16. The van der Waals surface area contributed by atoms with Gasteiger partial charge in [0, 0.05) is 12.7 Å². The number of hydrogen-bond acceptors (Lipinski definition) is 2. The third-order valence-corrected chi connectivity index (χ3v) is 2.90. The molecule has 0 aliphatic rings. The van der Waals surface area contributed by atoms with Gasteiger partial charge >= 0.3 is 0 Å². The molecule has 6 heteroatoms. The Morgan fingerprint density at radius 1 is 1.50 bits per heavy atom. The molecule has 1 aromatic heterocycles. The Labute approximate surface area is 108 Å². The number of aromatic nitrogens is 2. The average molecular weight is 268 g/mol. The van der Waals surface area contributed by atoms with Crippen molar-refractivity contribution in [3.8, 4) is 0 Å². The van der Waals surface area contributed by atoms with Crippen LogP contribution in [0.1, 0.15) is 16.2 Å². The third-order valence-electron chi connectivity index (χ3n) is 2.45. The first-order chi connectivity index (χ1) is 8.49. The maximum absolute atomic E-state index is 13.0. The van der Waals surface area contributed by atoms with Gasteiger partial charge in [-0.2, -0.15) is 5.10 Å². The average Bonchev–Trinajstić information content (AvgIpc) is 2.53. The number of nitrogens with one attached hydrogen (secondary N) is 1. The lowest BCUT2D eigenvalue weighted by Gasteiger charge is -2.05. The molecule has 0 aliphatic carbocycles. The second kappa shape index (κ2) is 4.78. The van der Waals surface area contributed by atoms with Crippen molar-refractivity contribution >= 4 is 23.2 Å². The molecular formula is C12H11ClFN3O. The molecule has 1 N–H and O–H groups in total. The van der Waals surface area contributed by atoms with E-state index in [1.807, 2.05) is 0 Å². The van der Waals surface area contributed by atoms with E-state index in [0.29, 0.717) is 16.4 Å². The van der Waals surface area contributed by atoms with Crippen molar-refractivity contribution in [1.82, 2.24) is 9.78 Å². The van der Waals surface area contributed by atoms with Crippen LogP contribution in [-0.4, -0.2) is 15.7 Å². The van der Waals surface area contributed by atoms with Crippen LogP contribution in [0.15, 0.2) is 24.3 Å². The molecule has 2 aromatic rings. The van der Waals surface area contributed by atoms with Gasteiger partial charge in [0.25, 0.3) is 5.91 Å².